The smallest absolute Gasteiger partial charge is 0.305 e. The fourth-order valence-electron chi connectivity index (χ4n) is 3.05. The van der Waals surface area contributed by atoms with E-state index in [4.69, 9.17) is 10.5 Å². The minimum Gasteiger partial charge on any atom is -0.484 e. The molecule has 0 bridgehead atoms. The molecule has 1 amide bonds. The lowest BCUT2D eigenvalue weighted by molar-refractivity contribution is -0.387. The molecule has 3 rings (SSSR count). The zero-order chi connectivity index (χ0) is 18.7. The highest BCUT2D eigenvalue weighted by atomic mass is 35.5. The average Bonchev–Trinajstić information content (AvgIpc) is 3.02. The summed E-state index contributed by atoms with van der Waals surface area (Å²) in [5, 5.41) is 10.6. The van der Waals surface area contributed by atoms with Gasteiger partial charge in [0.25, 0.3) is 5.91 Å². The molecular formula is C18H19ClFN3O4. The molecule has 0 aromatic heterocycles. The molecule has 1 heterocycles. The number of benzene rings is 2. The Kier molecular flexibility index (Phi) is 6.70. The number of nitrogens with zero attached hydrogens (tertiary/aromatic N) is 2. The van der Waals surface area contributed by atoms with Crippen molar-refractivity contribution in [1.82, 2.24) is 4.90 Å². The molecule has 2 atom stereocenters. The average molecular weight is 396 g/mol. The number of carbonyl (C=O) groups excluding carboxylic acids is 1. The van der Waals surface area contributed by atoms with E-state index >= 15 is 0 Å². The third kappa shape index (κ3) is 4.72. The van der Waals surface area contributed by atoms with Crippen molar-refractivity contribution in [2.75, 3.05) is 19.7 Å². The Morgan fingerprint density at radius 1 is 1.26 bits per heavy atom. The maximum Gasteiger partial charge on any atom is 0.305 e. The molecule has 2 aromatic carbocycles. The Bertz CT molecular complexity index is 822. The molecule has 1 fully saturated rings. The van der Waals surface area contributed by atoms with Crippen molar-refractivity contribution in [3.63, 3.8) is 0 Å². The van der Waals surface area contributed by atoms with E-state index in [0.717, 1.165) is 17.7 Å². The number of nitrogens with two attached hydrogens (primary N) is 1. The third-order valence-electron chi connectivity index (χ3n) is 4.42. The maximum absolute atomic E-state index is 13.6. The Balaban J connectivity index is 0.00000261. The van der Waals surface area contributed by atoms with Gasteiger partial charge in [0.2, 0.25) is 5.82 Å². The Hall–Kier alpha value is -2.71. The molecule has 7 nitrogen and oxygen atoms in total. The first kappa shape index (κ1) is 20.6. The summed E-state index contributed by atoms with van der Waals surface area (Å²) in [6.07, 6.45) is 0. The van der Waals surface area contributed by atoms with Crippen LogP contribution in [-0.4, -0.2) is 41.5 Å². The quantitative estimate of drug-likeness (QED) is 0.619. The second kappa shape index (κ2) is 8.79. The van der Waals surface area contributed by atoms with Gasteiger partial charge in [0.05, 0.1) is 4.92 Å². The monoisotopic (exact) mass is 395 g/mol. The zero-order valence-electron chi connectivity index (χ0n) is 14.3. The zero-order valence-corrected chi connectivity index (χ0v) is 15.1. The molecule has 0 spiro atoms. The number of hydrogen-bond donors (Lipinski definition) is 1. The van der Waals surface area contributed by atoms with Gasteiger partial charge in [-0.05, 0) is 11.6 Å². The summed E-state index contributed by atoms with van der Waals surface area (Å²) in [7, 11) is 0. The topological polar surface area (TPSA) is 98.7 Å². The van der Waals surface area contributed by atoms with Crippen molar-refractivity contribution < 1.29 is 18.8 Å². The van der Waals surface area contributed by atoms with Crippen LogP contribution in [0.1, 0.15) is 11.5 Å². The number of halogens is 2. The number of rotatable bonds is 5. The molecular weight excluding hydrogens is 377 g/mol. The highest BCUT2D eigenvalue weighted by Gasteiger charge is 2.33. The number of likely N-dealkylation sites (tertiary alicyclic amines) is 1. The second-order valence-corrected chi connectivity index (χ2v) is 6.14. The number of carbonyl (C=O) groups is 1. The van der Waals surface area contributed by atoms with Gasteiger partial charge in [-0.3, -0.25) is 14.9 Å². The van der Waals surface area contributed by atoms with Crippen molar-refractivity contribution >= 4 is 24.0 Å². The molecule has 2 aromatic rings. The first-order valence-electron chi connectivity index (χ1n) is 8.10. The Labute approximate surface area is 161 Å². The molecule has 9 heteroatoms. The van der Waals surface area contributed by atoms with E-state index in [9.17, 15) is 19.3 Å². The molecule has 27 heavy (non-hydrogen) atoms. The fraction of sp³-hybridized carbons (Fsp3) is 0.278. The lowest BCUT2D eigenvalue weighted by Gasteiger charge is -2.17. The molecule has 144 valence electrons. The lowest BCUT2D eigenvalue weighted by Crippen LogP contribution is -2.35. The van der Waals surface area contributed by atoms with Crippen LogP contribution >= 0.6 is 12.4 Å². The minimum atomic E-state index is -1.01. The summed E-state index contributed by atoms with van der Waals surface area (Å²) < 4.78 is 18.9. The van der Waals surface area contributed by atoms with Crippen LogP contribution in [-0.2, 0) is 4.79 Å². The van der Waals surface area contributed by atoms with E-state index in [1.54, 1.807) is 4.90 Å². The highest BCUT2D eigenvalue weighted by Crippen LogP contribution is 2.27. The van der Waals surface area contributed by atoms with Gasteiger partial charge in [0.1, 0.15) is 5.75 Å². The summed E-state index contributed by atoms with van der Waals surface area (Å²) in [5.74, 6) is -1.16. The van der Waals surface area contributed by atoms with Gasteiger partial charge in [-0.1, -0.05) is 30.3 Å². The number of nitro groups is 1. The predicted octanol–water partition coefficient (Wildman–Crippen LogP) is 2.49. The van der Waals surface area contributed by atoms with E-state index in [2.05, 4.69) is 0 Å². The molecule has 0 saturated carbocycles. The first-order valence-corrected chi connectivity index (χ1v) is 8.10. The van der Waals surface area contributed by atoms with Crippen LogP contribution in [0.3, 0.4) is 0 Å². The summed E-state index contributed by atoms with van der Waals surface area (Å²) in [6, 6.07) is 12.7. The molecule has 1 aliphatic heterocycles. The van der Waals surface area contributed by atoms with Gasteiger partial charge >= 0.3 is 5.69 Å². The Morgan fingerprint density at radius 3 is 2.59 bits per heavy atom. The number of nitro benzene ring substituents is 1. The van der Waals surface area contributed by atoms with E-state index < -0.39 is 16.4 Å². The van der Waals surface area contributed by atoms with Crippen LogP contribution < -0.4 is 10.5 Å². The summed E-state index contributed by atoms with van der Waals surface area (Å²) >= 11 is 0. The highest BCUT2D eigenvalue weighted by molar-refractivity contribution is 5.85. The normalized spacial score (nSPS) is 18.7. The second-order valence-electron chi connectivity index (χ2n) is 6.14. The van der Waals surface area contributed by atoms with E-state index in [0.29, 0.717) is 13.1 Å². The maximum atomic E-state index is 13.6. The number of hydrogen-bond acceptors (Lipinski definition) is 5. The minimum absolute atomic E-state index is 0. The Morgan fingerprint density at radius 2 is 1.96 bits per heavy atom. The lowest BCUT2D eigenvalue weighted by atomic mass is 9.95. The van der Waals surface area contributed by atoms with Crippen LogP contribution in [0.5, 0.6) is 5.75 Å². The number of ether oxygens (including phenoxy) is 1. The molecule has 0 aliphatic carbocycles. The molecule has 1 saturated heterocycles. The van der Waals surface area contributed by atoms with Gasteiger partial charge in [0.15, 0.2) is 6.61 Å². The SMILES string of the molecule is Cl.N[C@@H]1CN(C(=O)COc2ccc([N+](=O)[O-])c(F)c2)C[C@H]1c1ccccc1. The van der Waals surface area contributed by atoms with Crippen molar-refractivity contribution in [2.24, 2.45) is 5.73 Å². The largest absolute Gasteiger partial charge is 0.484 e. The van der Waals surface area contributed by atoms with Crippen molar-refractivity contribution in [3.05, 3.63) is 70.0 Å². The standard InChI is InChI=1S/C18H18FN3O4.ClH/c19-15-8-13(6-7-17(15)22(24)25)26-11-18(23)21-9-14(16(20)10-21)12-4-2-1-3-5-12;/h1-8,14,16H,9-11,20H2;1H/t14-,16+;/m0./s1. The van der Waals surface area contributed by atoms with E-state index in [1.165, 1.54) is 6.07 Å². The van der Waals surface area contributed by atoms with Crippen LogP contribution in [0.15, 0.2) is 48.5 Å². The van der Waals surface area contributed by atoms with E-state index in [-0.39, 0.29) is 42.6 Å². The predicted molar refractivity (Wildman–Crippen MR) is 99.5 cm³/mol. The first-order chi connectivity index (χ1) is 12.5. The van der Waals surface area contributed by atoms with Crippen LogP contribution in [0.4, 0.5) is 10.1 Å². The molecule has 0 unspecified atom stereocenters. The summed E-state index contributed by atoms with van der Waals surface area (Å²) in [4.78, 5) is 23.7. The molecule has 0 radical (unpaired) electrons. The van der Waals surface area contributed by atoms with Gasteiger partial charge < -0.3 is 15.4 Å². The van der Waals surface area contributed by atoms with Crippen molar-refractivity contribution in [1.29, 1.82) is 0 Å². The van der Waals surface area contributed by atoms with Crippen LogP contribution in [0, 0.1) is 15.9 Å². The van der Waals surface area contributed by atoms with Gasteiger partial charge in [-0.2, -0.15) is 4.39 Å². The third-order valence-corrected chi connectivity index (χ3v) is 4.42. The number of amides is 1. The van der Waals surface area contributed by atoms with Gasteiger partial charge in [-0.15, -0.1) is 12.4 Å². The van der Waals surface area contributed by atoms with Crippen LogP contribution in [0.2, 0.25) is 0 Å². The molecule has 1 aliphatic rings. The summed E-state index contributed by atoms with van der Waals surface area (Å²) in [5.41, 5.74) is 6.60. The van der Waals surface area contributed by atoms with Crippen molar-refractivity contribution in [2.45, 2.75) is 12.0 Å². The summed E-state index contributed by atoms with van der Waals surface area (Å²) in [6.45, 7) is 0.615. The molecule has 2 N–H and O–H groups in total. The fourth-order valence-corrected chi connectivity index (χ4v) is 3.05. The van der Waals surface area contributed by atoms with E-state index in [1.807, 2.05) is 30.3 Å². The van der Waals surface area contributed by atoms with Crippen molar-refractivity contribution in [3.8, 4) is 5.75 Å². The van der Waals surface area contributed by atoms with Gasteiger partial charge in [-0.25, -0.2) is 0 Å². The van der Waals surface area contributed by atoms with Gasteiger partial charge in [0, 0.05) is 37.2 Å². The van der Waals surface area contributed by atoms with Crippen LogP contribution in [0.25, 0.3) is 0 Å².